The highest BCUT2D eigenvalue weighted by Crippen LogP contribution is 2.28. The van der Waals surface area contributed by atoms with E-state index >= 15 is 0 Å². The summed E-state index contributed by atoms with van der Waals surface area (Å²) in [6.07, 6.45) is 1.23. The van der Waals surface area contributed by atoms with Crippen molar-refractivity contribution in [3.8, 4) is 0 Å². The van der Waals surface area contributed by atoms with Crippen molar-refractivity contribution in [2.24, 2.45) is 10.4 Å². The normalized spacial score (nSPS) is 19.0. The second-order valence-corrected chi connectivity index (χ2v) is 7.27. The molecule has 1 aliphatic rings. The second kappa shape index (κ2) is 5.49. The van der Waals surface area contributed by atoms with Gasteiger partial charge in [-0.25, -0.2) is 4.98 Å². The molecule has 0 radical (unpaired) electrons. The molecule has 0 amide bonds. The van der Waals surface area contributed by atoms with Gasteiger partial charge >= 0.3 is 0 Å². The number of nitrogens with one attached hydrogen (secondary N) is 1. The molecule has 0 spiro atoms. The van der Waals surface area contributed by atoms with Crippen LogP contribution in [-0.4, -0.2) is 36.0 Å². The Balaban J connectivity index is 1.94. The predicted molar refractivity (Wildman–Crippen MR) is 81.8 cm³/mol. The van der Waals surface area contributed by atoms with Crippen LogP contribution in [0, 0.1) is 19.3 Å². The fourth-order valence-corrected chi connectivity index (χ4v) is 3.27. The smallest absolute Gasteiger partial charge is 0.194 e. The van der Waals surface area contributed by atoms with Crippen LogP contribution in [0.1, 0.15) is 35.8 Å². The molecule has 0 unspecified atom stereocenters. The van der Waals surface area contributed by atoms with Crippen LogP contribution in [0.4, 0.5) is 0 Å². The van der Waals surface area contributed by atoms with Crippen LogP contribution >= 0.6 is 11.3 Å². The lowest BCUT2D eigenvalue weighted by molar-refractivity contribution is 0.370. The SMILES string of the molecule is CN=C(NCc1nc(C)c(C)s1)N1CCC(C)(C)C1. The van der Waals surface area contributed by atoms with Crippen LogP contribution < -0.4 is 5.32 Å². The van der Waals surface area contributed by atoms with Gasteiger partial charge in [0.05, 0.1) is 12.2 Å². The molecular weight excluding hydrogens is 256 g/mol. The molecule has 106 valence electrons. The molecule has 0 aromatic carbocycles. The third-order valence-corrected chi connectivity index (χ3v) is 4.73. The van der Waals surface area contributed by atoms with Gasteiger partial charge in [0.25, 0.3) is 0 Å². The van der Waals surface area contributed by atoms with Crippen molar-refractivity contribution < 1.29 is 0 Å². The number of aliphatic imine (C=N–C) groups is 1. The second-order valence-electron chi connectivity index (χ2n) is 5.99. The topological polar surface area (TPSA) is 40.5 Å². The number of hydrogen-bond acceptors (Lipinski definition) is 3. The summed E-state index contributed by atoms with van der Waals surface area (Å²) in [5.74, 6) is 0.996. The van der Waals surface area contributed by atoms with Crippen LogP contribution in [0.25, 0.3) is 0 Å². The number of thiazole rings is 1. The van der Waals surface area contributed by atoms with Gasteiger partial charge in [-0.15, -0.1) is 11.3 Å². The third-order valence-electron chi connectivity index (χ3n) is 3.66. The molecule has 0 aliphatic carbocycles. The minimum Gasteiger partial charge on any atom is -0.350 e. The Labute approximate surface area is 120 Å². The molecule has 1 N–H and O–H groups in total. The van der Waals surface area contributed by atoms with E-state index in [1.807, 2.05) is 7.05 Å². The van der Waals surface area contributed by atoms with E-state index in [-0.39, 0.29) is 0 Å². The fraction of sp³-hybridized carbons (Fsp3) is 0.714. The molecule has 1 fully saturated rings. The highest BCUT2D eigenvalue weighted by atomic mass is 32.1. The van der Waals surface area contributed by atoms with E-state index in [1.54, 1.807) is 11.3 Å². The molecule has 0 saturated carbocycles. The molecule has 5 heteroatoms. The molecule has 1 aliphatic heterocycles. The fourth-order valence-electron chi connectivity index (χ4n) is 2.39. The Morgan fingerprint density at radius 1 is 1.47 bits per heavy atom. The Morgan fingerprint density at radius 2 is 2.21 bits per heavy atom. The van der Waals surface area contributed by atoms with E-state index in [2.05, 4.69) is 47.9 Å². The average Bonchev–Trinajstić information content (AvgIpc) is 2.84. The van der Waals surface area contributed by atoms with Crippen molar-refractivity contribution in [3.63, 3.8) is 0 Å². The van der Waals surface area contributed by atoms with Crippen molar-refractivity contribution in [2.75, 3.05) is 20.1 Å². The maximum Gasteiger partial charge on any atom is 0.194 e. The molecular formula is C14H24N4S. The van der Waals surface area contributed by atoms with Crippen LogP contribution in [0.15, 0.2) is 4.99 Å². The first-order valence-electron chi connectivity index (χ1n) is 6.80. The van der Waals surface area contributed by atoms with E-state index < -0.39 is 0 Å². The zero-order valence-electron chi connectivity index (χ0n) is 12.6. The summed E-state index contributed by atoms with van der Waals surface area (Å²) in [5.41, 5.74) is 1.53. The van der Waals surface area contributed by atoms with Crippen molar-refractivity contribution >= 4 is 17.3 Å². The number of rotatable bonds is 2. The maximum atomic E-state index is 4.55. The minimum absolute atomic E-state index is 0.395. The van der Waals surface area contributed by atoms with Gasteiger partial charge in [-0.2, -0.15) is 0 Å². The van der Waals surface area contributed by atoms with Crippen molar-refractivity contribution in [1.82, 2.24) is 15.2 Å². The molecule has 4 nitrogen and oxygen atoms in total. The van der Waals surface area contributed by atoms with Gasteiger partial charge in [0, 0.05) is 25.0 Å². The monoisotopic (exact) mass is 280 g/mol. The van der Waals surface area contributed by atoms with Gasteiger partial charge in [-0.1, -0.05) is 13.8 Å². The van der Waals surface area contributed by atoms with E-state index in [0.29, 0.717) is 5.41 Å². The first kappa shape index (κ1) is 14.3. The largest absolute Gasteiger partial charge is 0.350 e. The summed E-state index contributed by atoms with van der Waals surface area (Å²) in [7, 11) is 1.85. The number of guanidine groups is 1. The highest BCUT2D eigenvalue weighted by molar-refractivity contribution is 7.11. The lowest BCUT2D eigenvalue weighted by atomic mass is 9.93. The quantitative estimate of drug-likeness (QED) is 0.668. The Kier molecular flexibility index (Phi) is 4.13. The van der Waals surface area contributed by atoms with Crippen LogP contribution in [0.5, 0.6) is 0 Å². The van der Waals surface area contributed by atoms with E-state index in [4.69, 9.17) is 0 Å². The Morgan fingerprint density at radius 3 is 2.68 bits per heavy atom. The van der Waals surface area contributed by atoms with Crippen molar-refractivity contribution in [1.29, 1.82) is 0 Å². The zero-order valence-corrected chi connectivity index (χ0v) is 13.4. The Bertz CT molecular complexity index is 456. The zero-order chi connectivity index (χ0) is 14.0. The van der Waals surface area contributed by atoms with Gasteiger partial charge in [-0.3, -0.25) is 4.99 Å². The average molecular weight is 280 g/mol. The molecule has 2 rings (SSSR count). The summed E-state index contributed by atoms with van der Waals surface area (Å²) in [4.78, 5) is 12.6. The van der Waals surface area contributed by atoms with E-state index in [9.17, 15) is 0 Å². The summed E-state index contributed by atoms with van der Waals surface area (Å²) < 4.78 is 0. The van der Waals surface area contributed by atoms with Crippen molar-refractivity contribution in [3.05, 3.63) is 15.6 Å². The van der Waals surface area contributed by atoms with Gasteiger partial charge < -0.3 is 10.2 Å². The number of nitrogens with zero attached hydrogens (tertiary/aromatic N) is 3. The summed E-state index contributed by atoms with van der Waals surface area (Å²) >= 11 is 1.76. The molecule has 0 atom stereocenters. The van der Waals surface area contributed by atoms with E-state index in [1.165, 1.54) is 11.3 Å². The highest BCUT2D eigenvalue weighted by Gasteiger charge is 2.30. The third kappa shape index (κ3) is 3.47. The van der Waals surface area contributed by atoms with Gasteiger partial charge in [0.2, 0.25) is 0 Å². The van der Waals surface area contributed by atoms with Crippen LogP contribution in [0.3, 0.4) is 0 Å². The lowest BCUT2D eigenvalue weighted by Gasteiger charge is -2.23. The summed E-state index contributed by atoms with van der Waals surface area (Å²) in [6.45, 7) is 11.7. The van der Waals surface area contributed by atoms with Gasteiger partial charge in [0.1, 0.15) is 5.01 Å². The molecule has 1 saturated heterocycles. The maximum absolute atomic E-state index is 4.55. The van der Waals surface area contributed by atoms with Crippen LogP contribution in [-0.2, 0) is 6.54 Å². The lowest BCUT2D eigenvalue weighted by Crippen LogP contribution is -2.40. The predicted octanol–water partition coefficient (Wildman–Crippen LogP) is 2.57. The molecule has 0 bridgehead atoms. The molecule has 2 heterocycles. The summed E-state index contributed by atoms with van der Waals surface area (Å²) in [5, 5.41) is 4.56. The van der Waals surface area contributed by atoms with Gasteiger partial charge in [-0.05, 0) is 25.7 Å². The first-order valence-corrected chi connectivity index (χ1v) is 7.61. The first-order chi connectivity index (χ1) is 8.91. The number of aromatic nitrogens is 1. The number of aryl methyl sites for hydroxylation is 2. The van der Waals surface area contributed by atoms with Crippen LogP contribution in [0.2, 0.25) is 0 Å². The molecule has 1 aromatic rings. The Hall–Kier alpha value is -1.10. The van der Waals surface area contributed by atoms with E-state index in [0.717, 1.165) is 36.3 Å². The molecule has 19 heavy (non-hydrogen) atoms. The standard InChI is InChI=1S/C14H24N4S/c1-10-11(2)19-12(17-10)8-16-13(15-5)18-7-6-14(3,4)9-18/h6-9H2,1-5H3,(H,15,16). The summed E-state index contributed by atoms with van der Waals surface area (Å²) in [6, 6.07) is 0. The number of likely N-dealkylation sites (tertiary alicyclic amines) is 1. The minimum atomic E-state index is 0.395. The van der Waals surface area contributed by atoms with Gasteiger partial charge in [0.15, 0.2) is 5.96 Å². The number of hydrogen-bond donors (Lipinski definition) is 1. The van der Waals surface area contributed by atoms with Crippen molar-refractivity contribution in [2.45, 2.75) is 40.7 Å². The molecule has 1 aromatic heterocycles.